The van der Waals surface area contributed by atoms with Crippen molar-refractivity contribution in [2.75, 3.05) is 13.2 Å². The van der Waals surface area contributed by atoms with Crippen molar-refractivity contribution in [2.45, 2.75) is 82.7 Å². The normalized spacial score (nSPS) is 58.4. The Labute approximate surface area is 150 Å². The summed E-state index contributed by atoms with van der Waals surface area (Å²) in [5, 5.41) is 0. The fraction of sp³-hybridized carbons (Fsp3) is 0.952. The standard InChI is InChI=1S/C21H30O4/c1-18-6-5-15-13(14(18)3-4-16(18)22)11-17-21(25-17)12-20(23-9-10-24-20)8-7-19(15,21)2/h13-15,17H,3-12H2,1-2H3. The number of fused-ring (bicyclic) bond motifs is 4. The summed E-state index contributed by atoms with van der Waals surface area (Å²) in [6.07, 6.45) is 8.80. The lowest BCUT2D eigenvalue weighted by Gasteiger charge is -2.59. The number of hydrogen-bond donors (Lipinski definition) is 0. The molecule has 0 aromatic heterocycles. The van der Waals surface area contributed by atoms with E-state index in [9.17, 15) is 4.79 Å². The number of Topliss-reactive ketones (excluding diaryl/α,β-unsaturated/α-hetero) is 1. The van der Waals surface area contributed by atoms with Crippen LogP contribution in [0.25, 0.3) is 0 Å². The maximum atomic E-state index is 12.6. The van der Waals surface area contributed by atoms with Gasteiger partial charge in [0.05, 0.1) is 19.3 Å². The van der Waals surface area contributed by atoms with Crippen LogP contribution in [0.5, 0.6) is 0 Å². The minimum absolute atomic E-state index is 0.0207. The molecule has 2 saturated heterocycles. The Morgan fingerprint density at radius 1 is 1.00 bits per heavy atom. The highest BCUT2D eigenvalue weighted by molar-refractivity contribution is 5.87. The number of ketones is 1. The molecular formula is C21H30O4. The van der Waals surface area contributed by atoms with Crippen molar-refractivity contribution in [3.05, 3.63) is 0 Å². The monoisotopic (exact) mass is 346 g/mol. The second-order valence-electron chi connectivity index (χ2n) is 10.2. The van der Waals surface area contributed by atoms with Gasteiger partial charge in [-0.3, -0.25) is 4.79 Å². The highest BCUT2D eigenvalue weighted by atomic mass is 16.7. The predicted octanol–water partition coefficient (Wildman–Crippen LogP) is 3.47. The fourth-order valence-electron chi connectivity index (χ4n) is 8.14. The molecule has 0 aromatic rings. The Kier molecular flexibility index (Phi) is 2.81. The Balaban J connectivity index is 1.35. The van der Waals surface area contributed by atoms with Crippen molar-refractivity contribution in [1.82, 2.24) is 0 Å². The van der Waals surface area contributed by atoms with Gasteiger partial charge in [-0.2, -0.15) is 0 Å². The van der Waals surface area contributed by atoms with Gasteiger partial charge in [-0.15, -0.1) is 0 Å². The second kappa shape index (κ2) is 4.51. The predicted molar refractivity (Wildman–Crippen MR) is 90.9 cm³/mol. The maximum absolute atomic E-state index is 12.6. The molecular weight excluding hydrogens is 316 g/mol. The molecule has 7 unspecified atom stereocenters. The molecule has 4 nitrogen and oxygen atoms in total. The first-order valence-corrected chi connectivity index (χ1v) is 10.4. The number of carbonyl (C=O) groups is 1. The molecule has 2 aliphatic heterocycles. The maximum Gasteiger partial charge on any atom is 0.171 e. The van der Waals surface area contributed by atoms with Gasteiger partial charge < -0.3 is 14.2 Å². The largest absolute Gasteiger partial charge is 0.365 e. The molecule has 4 heteroatoms. The molecule has 0 aromatic carbocycles. The van der Waals surface area contributed by atoms with E-state index in [1.165, 1.54) is 6.42 Å². The first-order valence-electron chi connectivity index (χ1n) is 10.4. The van der Waals surface area contributed by atoms with Gasteiger partial charge in [-0.25, -0.2) is 0 Å². The van der Waals surface area contributed by atoms with Crippen LogP contribution < -0.4 is 0 Å². The number of epoxide rings is 1. The molecule has 0 N–H and O–H groups in total. The van der Waals surface area contributed by atoms with Crippen LogP contribution in [-0.2, 0) is 19.0 Å². The summed E-state index contributed by atoms with van der Waals surface area (Å²) in [6.45, 7) is 6.21. The van der Waals surface area contributed by atoms with Gasteiger partial charge in [-0.05, 0) is 49.9 Å². The van der Waals surface area contributed by atoms with Crippen molar-refractivity contribution in [1.29, 1.82) is 0 Å². The van der Waals surface area contributed by atoms with E-state index >= 15 is 0 Å². The Morgan fingerprint density at radius 3 is 2.60 bits per heavy atom. The molecule has 7 atom stereocenters. The van der Waals surface area contributed by atoms with Crippen LogP contribution in [0.3, 0.4) is 0 Å². The van der Waals surface area contributed by atoms with Gasteiger partial charge in [-0.1, -0.05) is 13.8 Å². The van der Waals surface area contributed by atoms with Crippen LogP contribution in [0.4, 0.5) is 0 Å². The van der Waals surface area contributed by atoms with Crippen molar-refractivity contribution in [3.63, 3.8) is 0 Å². The first-order chi connectivity index (χ1) is 11.9. The molecule has 2 spiro atoms. The van der Waals surface area contributed by atoms with Gasteiger partial charge >= 0.3 is 0 Å². The summed E-state index contributed by atoms with van der Waals surface area (Å²) in [4.78, 5) is 12.6. The van der Waals surface area contributed by atoms with E-state index in [-0.39, 0.29) is 22.2 Å². The second-order valence-corrected chi connectivity index (χ2v) is 10.2. The molecule has 0 bridgehead atoms. The summed E-state index contributed by atoms with van der Waals surface area (Å²) in [6, 6.07) is 0. The number of carbonyl (C=O) groups excluding carboxylic acids is 1. The number of ether oxygens (including phenoxy) is 3. The molecule has 0 radical (unpaired) electrons. The van der Waals surface area contributed by atoms with Crippen LogP contribution >= 0.6 is 0 Å². The summed E-state index contributed by atoms with van der Waals surface area (Å²) in [5.41, 5.74) is 0.168. The molecule has 138 valence electrons. The van der Waals surface area contributed by atoms with E-state index in [0.717, 1.165) is 58.2 Å². The average molecular weight is 346 g/mol. The zero-order chi connectivity index (χ0) is 17.1. The van der Waals surface area contributed by atoms with Gasteiger partial charge in [0, 0.05) is 30.1 Å². The van der Waals surface area contributed by atoms with Crippen LogP contribution in [0.2, 0.25) is 0 Å². The van der Waals surface area contributed by atoms with Gasteiger partial charge in [0.15, 0.2) is 5.79 Å². The fourth-order valence-corrected chi connectivity index (χ4v) is 8.14. The Hall–Kier alpha value is -0.450. The Bertz CT molecular complexity index is 640. The zero-order valence-corrected chi connectivity index (χ0v) is 15.5. The molecule has 2 heterocycles. The highest BCUT2D eigenvalue weighted by Gasteiger charge is 2.78. The Morgan fingerprint density at radius 2 is 1.80 bits per heavy atom. The molecule has 25 heavy (non-hydrogen) atoms. The van der Waals surface area contributed by atoms with Crippen molar-refractivity contribution in [3.8, 4) is 0 Å². The van der Waals surface area contributed by atoms with Crippen LogP contribution in [0.15, 0.2) is 0 Å². The third kappa shape index (κ3) is 1.69. The minimum Gasteiger partial charge on any atom is -0.365 e. The van der Waals surface area contributed by atoms with E-state index in [1.54, 1.807) is 0 Å². The van der Waals surface area contributed by atoms with Crippen molar-refractivity contribution >= 4 is 5.78 Å². The van der Waals surface area contributed by atoms with E-state index < -0.39 is 0 Å². The topological polar surface area (TPSA) is 48.1 Å². The third-order valence-corrected chi connectivity index (χ3v) is 9.60. The molecule has 4 saturated carbocycles. The summed E-state index contributed by atoms with van der Waals surface area (Å²) >= 11 is 0. The molecule has 6 aliphatic rings. The lowest BCUT2D eigenvalue weighted by Crippen LogP contribution is -2.61. The molecule has 4 aliphatic carbocycles. The summed E-state index contributed by atoms with van der Waals surface area (Å²) < 4.78 is 18.6. The zero-order valence-electron chi connectivity index (χ0n) is 15.5. The summed E-state index contributed by atoms with van der Waals surface area (Å²) in [5.74, 6) is 2.13. The van der Waals surface area contributed by atoms with Crippen molar-refractivity contribution < 1.29 is 19.0 Å². The highest BCUT2D eigenvalue weighted by Crippen LogP contribution is 2.74. The average Bonchev–Trinajstić information content (AvgIpc) is 2.94. The van der Waals surface area contributed by atoms with Gasteiger partial charge in [0.2, 0.25) is 0 Å². The lowest BCUT2D eigenvalue weighted by molar-refractivity contribution is -0.226. The molecule has 6 fully saturated rings. The SMILES string of the molecule is CC12CCC3C(CC4OC45CC4(CCC35C)OCCO4)C1CCC2=O. The first kappa shape index (κ1) is 15.6. The number of hydrogen-bond acceptors (Lipinski definition) is 4. The smallest absolute Gasteiger partial charge is 0.171 e. The van der Waals surface area contributed by atoms with Crippen molar-refractivity contribution in [2.24, 2.45) is 28.6 Å². The van der Waals surface area contributed by atoms with E-state index in [4.69, 9.17) is 14.2 Å². The van der Waals surface area contributed by atoms with Crippen LogP contribution in [-0.4, -0.2) is 36.5 Å². The number of rotatable bonds is 0. The van der Waals surface area contributed by atoms with Gasteiger partial charge in [0.1, 0.15) is 11.4 Å². The lowest BCUT2D eigenvalue weighted by atomic mass is 9.45. The van der Waals surface area contributed by atoms with Gasteiger partial charge in [0.25, 0.3) is 0 Å². The third-order valence-electron chi connectivity index (χ3n) is 9.60. The molecule has 6 rings (SSSR count). The summed E-state index contributed by atoms with van der Waals surface area (Å²) in [7, 11) is 0. The van der Waals surface area contributed by atoms with Crippen LogP contribution in [0.1, 0.15) is 65.2 Å². The van der Waals surface area contributed by atoms with E-state index in [1.807, 2.05) is 0 Å². The van der Waals surface area contributed by atoms with E-state index in [0.29, 0.717) is 29.6 Å². The minimum atomic E-state index is -0.367. The van der Waals surface area contributed by atoms with Crippen LogP contribution in [0, 0.1) is 28.6 Å². The quantitative estimate of drug-likeness (QED) is 0.630. The molecule has 0 amide bonds. The van der Waals surface area contributed by atoms with E-state index in [2.05, 4.69) is 13.8 Å².